The average molecular weight is 307 g/mol. The third-order valence-electron chi connectivity index (χ3n) is 2.08. The van der Waals surface area contributed by atoms with E-state index in [-0.39, 0.29) is 6.61 Å². The van der Waals surface area contributed by atoms with Gasteiger partial charge in [-0.05, 0) is 24.6 Å². The summed E-state index contributed by atoms with van der Waals surface area (Å²) in [5.74, 6) is 0.455. The Balaban J connectivity index is 2.66. The van der Waals surface area contributed by atoms with E-state index in [1.54, 1.807) is 6.92 Å². The summed E-state index contributed by atoms with van der Waals surface area (Å²) in [6.07, 6.45) is -1.20. The molecule has 5 heteroatoms. The topological polar surface area (TPSA) is 60.7 Å². The summed E-state index contributed by atoms with van der Waals surface area (Å²) >= 11 is 4.85. The molecule has 0 spiro atoms. The summed E-state index contributed by atoms with van der Waals surface area (Å²) in [4.78, 5) is 0.990. The first-order chi connectivity index (χ1) is 7.54. The van der Waals surface area contributed by atoms with E-state index in [9.17, 15) is 10.2 Å². The van der Waals surface area contributed by atoms with Gasteiger partial charge in [0.05, 0.1) is 18.8 Å². The molecule has 0 saturated carbocycles. The highest BCUT2D eigenvalue weighted by Crippen LogP contribution is 2.29. The predicted octanol–water partition coefficient (Wildman–Crippen LogP) is 1.95. The summed E-state index contributed by atoms with van der Waals surface area (Å²) in [5.41, 5.74) is 0.840. The van der Waals surface area contributed by atoms with E-state index in [0.717, 1.165) is 14.9 Å². The van der Waals surface area contributed by atoms with Gasteiger partial charge < -0.3 is 15.3 Å². The Morgan fingerprint density at radius 2 is 2.06 bits per heavy atom. The molecule has 0 aromatic heterocycles. The first-order valence-electron chi connectivity index (χ1n) is 4.93. The van der Waals surface area contributed by atoms with Gasteiger partial charge in [0.2, 0.25) is 0 Å². The van der Waals surface area contributed by atoms with E-state index in [4.69, 9.17) is 5.11 Å². The second-order valence-corrected chi connectivity index (χ2v) is 5.45. The summed E-state index contributed by atoms with van der Waals surface area (Å²) in [6, 6.07) is 5.64. The number of rotatable bonds is 5. The van der Waals surface area contributed by atoms with Gasteiger partial charge in [0.25, 0.3) is 0 Å². The zero-order valence-electron chi connectivity index (χ0n) is 8.93. The first-order valence-corrected chi connectivity index (χ1v) is 6.71. The molecule has 1 rings (SSSR count). The SMILES string of the molecule is C[C@@H](O)c1ccc(SCC(O)CO)cc1Br. The maximum Gasteiger partial charge on any atom is 0.0864 e. The van der Waals surface area contributed by atoms with E-state index in [1.165, 1.54) is 11.8 Å². The van der Waals surface area contributed by atoms with Crippen LogP contribution < -0.4 is 0 Å². The Morgan fingerprint density at radius 3 is 2.56 bits per heavy atom. The Morgan fingerprint density at radius 1 is 1.38 bits per heavy atom. The van der Waals surface area contributed by atoms with Gasteiger partial charge in [-0.2, -0.15) is 0 Å². The number of thioether (sulfide) groups is 1. The van der Waals surface area contributed by atoms with Gasteiger partial charge >= 0.3 is 0 Å². The zero-order valence-corrected chi connectivity index (χ0v) is 11.3. The molecule has 0 bridgehead atoms. The molecule has 2 atom stereocenters. The standard InChI is InChI=1S/C11H15BrO3S/c1-7(14)10-3-2-9(4-11(10)12)16-6-8(15)5-13/h2-4,7-8,13-15H,5-6H2,1H3/t7-,8?/m1/s1. The monoisotopic (exact) mass is 306 g/mol. The number of benzene rings is 1. The van der Waals surface area contributed by atoms with Gasteiger partial charge in [-0.25, -0.2) is 0 Å². The van der Waals surface area contributed by atoms with E-state index in [2.05, 4.69) is 15.9 Å². The summed E-state index contributed by atoms with van der Waals surface area (Å²) in [6.45, 7) is 1.49. The van der Waals surface area contributed by atoms with Crippen molar-refractivity contribution in [1.82, 2.24) is 0 Å². The van der Waals surface area contributed by atoms with Gasteiger partial charge in [-0.15, -0.1) is 11.8 Å². The van der Waals surface area contributed by atoms with Crippen LogP contribution in [0, 0.1) is 0 Å². The molecule has 1 aromatic carbocycles. The van der Waals surface area contributed by atoms with Crippen LogP contribution in [0.15, 0.2) is 27.6 Å². The quantitative estimate of drug-likeness (QED) is 0.728. The molecule has 90 valence electrons. The highest BCUT2D eigenvalue weighted by Gasteiger charge is 2.08. The molecule has 3 nitrogen and oxygen atoms in total. The van der Waals surface area contributed by atoms with Crippen molar-refractivity contribution in [3.05, 3.63) is 28.2 Å². The lowest BCUT2D eigenvalue weighted by molar-refractivity contribution is 0.113. The summed E-state index contributed by atoms with van der Waals surface area (Å²) < 4.78 is 0.853. The van der Waals surface area contributed by atoms with Crippen LogP contribution in [-0.2, 0) is 0 Å². The minimum atomic E-state index is -0.694. The largest absolute Gasteiger partial charge is 0.394 e. The van der Waals surface area contributed by atoms with Crippen LogP contribution in [0.5, 0.6) is 0 Å². The van der Waals surface area contributed by atoms with Crippen molar-refractivity contribution in [3.63, 3.8) is 0 Å². The molecular formula is C11H15BrO3S. The minimum absolute atomic E-state index is 0.222. The molecular weight excluding hydrogens is 292 g/mol. The summed E-state index contributed by atoms with van der Waals surface area (Å²) in [7, 11) is 0. The molecule has 0 heterocycles. The number of aliphatic hydroxyl groups is 3. The van der Waals surface area contributed by atoms with Crippen molar-refractivity contribution in [3.8, 4) is 0 Å². The molecule has 0 saturated heterocycles. The van der Waals surface area contributed by atoms with Crippen LogP contribution in [0.1, 0.15) is 18.6 Å². The Bertz CT molecular complexity index is 344. The zero-order chi connectivity index (χ0) is 12.1. The minimum Gasteiger partial charge on any atom is -0.394 e. The highest BCUT2D eigenvalue weighted by atomic mass is 79.9. The fourth-order valence-corrected chi connectivity index (χ4v) is 2.90. The molecule has 3 N–H and O–H groups in total. The van der Waals surface area contributed by atoms with Gasteiger partial charge in [-0.3, -0.25) is 0 Å². The number of hydrogen-bond donors (Lipinski definition) is 3. The van der Waals surface area contributed by atoms with E-state index in [1.807, 2.05) is 18.2 Å². The summed E-state index contributed by atoms with van der Waals surface area (Å²) in [5, 5.41) is 27.3. The molecule has 0 aliphatic heterocycles. The predicted molar refractivity (Wildman–Crippen MR) is 68.6 cm³/mol. The highest BCUT2D eigenvalue weighted by molar-refractivity contribution is 9.10. The molecule has 16 heavy (non-hydrogen) atoms. The van der Waals surface area contributed by atoms with Gasteiger partial charge in [-0.1, -0.05) is 22.0 Å². The van der Waals surface area contributed by atoms with Gasteiger partial charge in [0.15, 0.2) is 0 Å². The first kappa shape index (κ1) is 14.0. The third-order valence-corrected chi connectivity index (χ3v) is 3.90. The molecule has 0 amide bonds. The van der Waals surface area contributed by atoms with E-state index < -0.39 is 12.2 Å². The van der Waals surface area contributed by atoms with Crippen LogP contribution in [0.3, 0.4) is 0 Å². The Hall–Kier alpha value is -0.0700. The van der Waals surface area contributed by atoms with Gasteiger partial charge in [0, 0.05) is 15.1 Å². The lowest BCUT2D eigenvalue weighted by Gasteiger charge is -2.10. The average Bonchev–Trinajstić information content (AvgIpc) is 2.25. The fourth-order valence-electron chi connectivity index (χ4n) is 1.18. The smallest absolute Gasteiger partial charge is 0.0864 e. The van der Waals surface area contributed by atoms with Crippen molar-refractivity contribution in [1.29, 1.82) is 0 Å². The third kappa shape index (κ3) is 4.07. The Labute approximate surface area is 108 Å². The molecule has 1 unspecified atom stereocenters. The van der Waals surface area contributed by atoms with Crippen LogP contribution in [0.4, 0.5) is 0 Å². The second kappa shape index (κ2) is 6.61. The number of aliphatic hydroxyl groups excluding tert-OH is 3. The normalized spacial score (nSPS) is 14.8. The number of halogens is 1. The second-order valence-electron chi connectivity index (χ2n) is 3.51. The van der Waals surface area contributed by atoms with Crippen molar-refractivity contribution in [2.75, 3.05) is 12.4 Å². The lowest BCUT2D eigenvalue weighted by atomic mass is 10.1. The fraction of sp³-hybridized carbons (Fsp3) is 0.455. The van der Waals surface area contributed by atoms with Crippen molar-refractivity contribution < 1.29 is 15.3 Å². The van der Waals surface area contributed by atoms with Crippen LogP contribution in [0.25, 0.3) is 0 Å². The van der Waals surface area contributed by atoms with Crippen LogP contribution >= 0.6 is 27.7 Å². The van der Waals surface area contributed by atoms with Crippen LogP contribution in [0.2, 0.25) is 0 Å². The molecule has 0 fully saturated rings. The Kier molecular flexibility index (Phi) is 5.78. The van der Waals surface area contributed by atoms with Gasteiger partial charge in [0.1, 0.15) is 0 Å². The lowest BCUT2D eigenvalue weighted by Crippen LogP contribution is -2.14. The molecule has 0 radical (unpaired) electrons. The van der Waals surface area contributed by atoms with Crippen molar-refractivity contribution in [2.45, 2.75) is 24.0 Å². The van der Waals surface area contributed by atoms with E-state index >= 15 is 0 Å². The maximum absolute atomic E-state index is 9.44. The maximum atomic E-state index is 9.44. The van der Waals surface area contributed by atoms with Crippen LogP contribution in [-0.4, -0.2) is 33.8 Å². The molecule has 0 aliphatic rings. The molecule has 0 aliphatic carbocycles. The van der Waals surface area contributed by atoms with Crippen molar-refractivity contribution >= 4 is 27.7 Å². The molecule has 1 aromatic rings. The van der Waals surface area contributed by atoms with E-state index in [0.29, 0.717) is 5.75 Å². The number of hydrogen-bond acceptors (Lipinski definition) is 4. The van der Waals surface area contributed by atoms with Crippen molar-refractivity contribution in [2.24, 2.45) is 0 Å².